The number of hydrogen-bond acceptors (Lipinski definition) is 8. The number of ether oxygens (including phenoxy) is 2. The van der Waals surface area contributed by atoms with Crippen LogP contribution >= 0.6 is 12.2 Å². The molecule has 0 saturated heterocycles. The normalized spacial score (nSPS) is 10.9. The molecule has 0 aliphatic heterocycles. The number of anilines is 1. The number of nitrogens with zero attached hydrogens (tertiary/aromatic N) is 2. The topological polar surface area (TPSA) is 152 Å². The highest BCUT2D eigenvalue weighted by atomic mass is 32.2. The fourth-order valence-corrected chi connectivity index (χ4v) is 3.93. The summed E-state index contributed by atoms with van der Waals surface area (Å²) in [5, 5.41) is 13.5. The second-order valence-electron chi connectivity index (χ2n) is 6.71. The Balaban J connectivity index is 2.12. The van der Waals surface area contributed by atoms with Crippen molar-refractivity contribution in [3.05, 3.63) is 52.1 Å². The van der Waals surface area contributed by atoms with E-state index in [0.29, 0.717) is 5.69 Å². The summed E-state index contributed by atoms with van der Waals surface area (Å²) >= 11 is 5.09. The van der Waals surface area contributed by atoms with Crippen LogP contribution in [-0.2, 0) is 21.2 Å². The lowest BCUT2D eigenvalue weighted by atomic mass is 10.1. The van der Waals surface area contributed by atoms with Crippen molar-refractivity contribution in [3.8, 4) is 11.5 Å². The number of nitro benzene ring substituents is 1. The van der Waals surface area contributed by atoms with E-state index >= 15 is 0 Å². The lowest BCUT2D eigenvalue weighted by Crippen LogP contribution is -2.44. The molecule has 33 heavy (non-hydrogen) atoms. The first-order valence-electron chi connectivity index (χ1n) is 9.27. The Labute approximate surface area is 196 Å². The predicted octanol–water partition coefficient (Wildman–Crippen LogP) is 1.42. The van der Waals surface area contributed by atoms with Crippen molar-refractivity contribution in [2.45, 2.75) is 11.3 Å². The molecule has 0 unspecified atom stereocenters. The largest absolute Gasteiger partial charge is 0.493 e. The number of rotatable bonds is 8. The molecular formula is C19H23N5O7S2. The zero-order chi connectivity index (χ0) is 24.8. The molecule has 0 bridgehead atoms. The molecule has 0 fully saturated rings. The molecule has 0 radical (unpaired) electrons. The van der Waals surface area contributed by atoms with Crippen LogP contribution in [0.1, 0.15) is 5.56 Å². The maximum absolute atomic E-state index is 12.7. The number of carbonyl (C=O) groups is 1. The average Bonchev–Trinajstić information content (AvgIpc) is 2.77. The number of nitro groups is 1. The molecule has 0 saturated carbocycles. The SMILES string of the molecule is COc1cc(CC(=O)NNC(=S)Nc2ccc([N+](=O)[O-])cc2)c(S(=O)(=O)N(C)C)cc1OC. The van der Waals surface area contributed by atoms with Gasteiger partial charge in [-0.3, -0.25) is 25.8 Å². The number of methoxy groups -OCH3 is 2. The van der Waals surface area contributed by atoms with E-state index < -0.39 is 20.9 Å². The van der Waals surface area contributed by atoms with Gasteiger partial charge in [0.1, 0.15) is 0 Å². The van der Waals surface area contributed by atoms with E-state index in [9.17, 15) is 23.3 Å². The van der Waals surface area contributed by atoms with Crippen LogP contribution in [0, 0.1) is 10.1 Å². The fourth-order valence-electron chi connectivity index (χ4n) is 2.65. The predicted molar refractivity (Wildman–Crippen MR) is 125 cm³/mol. The van der Waals surface area contributed by atoms with Crippen molar-refractivity contribution >= 4 is 44.6 Å². The third-order valence-electron chi connectivity index (χ3n) is 4.33. The Morgan fingerprint density at radius 3 is 2.18 bits per heavy atom. The Morgan fingerprint density at radius 1 is 1.09 bits per heavy atom. The highest BCUT2D eigenvalue weighted by molar-refractivity contribution is 7.89. The van der Waals surface area contributed by atoms with E-state index in [1.165, 1.54) is 64.7 Å². The molecule has 2 aromatic carbocycles. The molecule has 2 rings (SSSR count). The fraction of sp³-hybridized carbons (Fsp3) is 0.263. The summed E-state index contributed by atoms with van der Waals surface area (Å²) in [4.78, 5) is 22.5. The highest BCUT2D eigenvalue weighted by Crippen LogP contribution is 2.34. The van der Waals surface area contributed by atoms with Gasteiger partial charge >= 0.3 is 0 Å². The number of thiocarbonyl (C=S) groups is 1. The number of amides is 1. The Bertz CT molecular complexity index is 1150. The number of benzene rings is 2. The van der Waals surface area contributed by atoms with Crippen molar-refractivity contribution in [3.63, 3.8) is 0 Å². The minimum atomic E-state index is -3.88. The molecule has 2 aromatic rings. The van der Waals surface area contributed by atoms with E-state index in [4.69, 9.17) is 21.7 Å². The molecule has 1 amide bonds. The molecule has 0 aromatic heterocycles. The van der Waals surface area contributed by atoms with Crippen LogP contribution in [0.15, 0.2) is 41.3 Å². The van der Waals surface area contributed by atoms with Gasteiger partial charge in [-0.1, -0.05) is 0 Å². The van der Waals surface area contributed by atoms with Gasteiger partial charge in [0.2, 0.25) is 15.9 Å². The van der Waals surface area contributed by atoms with Gasteiger partial charge in [0.15, 0.2) is 16.6 Å². The van der Waals surface area contributed by atoms with Gasteiger partial charge in [-0.15, -0.1) is 0 Å². The van der Waals surface area contributed by atoms with Crippen molar-refractivity contribution in [1.82, 2.24) is 15.2 Å². The summed E-state index contributed by atoms with van der Waals surface area (Å²) in [6.45, 7) is 0. The van der Waals surface area contributed by atoms with Gasteiger partial charge in [-0.25, -0.2) is 12.7 Å². The van der Waals surface area contributed by atoms with Gasteiger partial charge in [-0.05, 0) is 36.0 Å². The van der Waals surface area contributed by atoms with Crippen LogP contribution in [0.4, 0.5) is 11.4 Å². The molecule has 3 N–H and O–H groups in total. The summed E-state index contributed by atoms with van der Waals surface area (Å²) in [5.74, 6) is -0.111. The third-order valence-corrected chi connectivity index (χ3v) is 6.43. The summed E-state index contributed by atoms with van der Waals surface area (Å²) < 4.78 is 36.9. The first kappa shape index (κ1) is 25.8. The third kappa shape index (κ3) is 6.50. The van der Waals surface area contributed by atoms with Gasteiger partial charge < -0.3 is 14.8 Å². The zero-order valence-electron chi connectivity index (χ0n) is 18.2. The lowest BCUT2D eigenvalue weighted by Gasteiger charge is -2.18. The van der Waals surface area contributed by atoms with E-state index in [1.54, 1.807) is 0 Å². The smallest absolute Gasteiger partial charge is 0.269 e. The molecular weight excluding hydrogens is 474 g/mol. The Hall–Kier alpha value is -3.49. The second kappa shape index (κ2) is 10.9. The van der Waals surface area contributed by atoms with E-state index in [1.807, 2.05) is 0 Å². The molecule has 178 valence electrons. The van der Waals surface area contributed by atoms with Crippen molar-refractivity contribution in [1.29, 1.82) is 0 Å². The van der Waals surface area contributed by atoms with Crippen LogP contribution < -0.4 is 25.6 Å². The first-order chi connectivity index (χ1) is 15.5. The quantitative estimate of drug-likeness (QED) is 0.277. The van der Waals surface area contributed by atoms with Gasteiger partial charge in [0.25, 0.3) is 5.69 Å². The molecule has 0 spiro atoms. The lowest BCUT2D eigenvalue weighted by molar-refractivity contribution is -0.384. The van der Waals surface area contributed by atoms with Gasteiger partial charge in [0.05, 0.1) is 30.5 Å². The molecule has 0 heterocycles. The summed E-state index contributed by atoms with van der Waals surface area (Å²) in [6.07, 6.45) is -0.310. The monoisotopic (exact) mass is 497 g/mol. The molecule has 0 atom stereocenters. The van der Waals surface area contributed by atoms with Gasteiger partial charge in [-0.2, -0.15) is 0 Å². The molecule has 0 aliphatic carbocycles. The van der Waals surface area contributed by atoms with E-state index in [-0.39, 0.29) is 39.2 Å². The highest BCUT2D eigenvalue weighted by Gasteiger charge is 2.25. The summed E-state index contributed by atoms with van der Waals surface area (Å²) in [5.41, 5.74) is 5.44. The number of sulfonamides is 1. The maximum atomic E-state index is 12.7. The van der Waals surface area contributed by atoms with Crippen molar-refractivity contribution in [2.24, 2.45) is 0 Å². The maximum Gasteiger partial charge on any atom is 0.269 e. The summed E-state index contributed by atoms with van der Waals surface area (Å²) in [7, 11) is 1.64. The van der Waals surface area contributed by atoms with Crippen LogP contribution in [0.3, 0.4) is 0 Å². The van der Waals surface area contributed by atoms with E-state index in [2.05, 4.69) is 16.2 Å². The van der Waals surface area contributed by atoms with Crippen molar-refractivity contribution in [2.75, 3.05) is 33.6 Å². The van der Waals surface area contributed by atoms with E-state index in [0.717, 1.165) is 4.31 Å². The minimum Gasteiger partial charge on any atom is -0.493 e. The number of nitrogens with one attached hydrogen (secondary N) is 3. The number of carbonyl (C=O) groups excluding carboxylic acids is 1. The standard InChI is InChI=1S/C19H23N5O7S2/c1-23(2)33(28,29)17-11-16(31-4)15(30-3)9-12(17)10-18(25)21-22-19(32)20-13-5-7-14(8-6-13)24(26)27/h5-9,11H,10H2,1-4H3,(H,21,25)(H2,20,22,32). The second-order valence-corrected chi connectivity index (χ2v) is 9.24. The van der Waals surface area contributed by atoms with Crippen molar-refractivity contribution < 1.29 is 27.6 Å². The number of hydrazine groups is 1. The number of non-ortho nitro benzene ring substituents is 1. The zero-order valence-corrected chi connectivity index (χ0v) is 19.9. The van der Waals surface area contributed by atoms with Crippen LogP contribution in [0.2, 0.25) is 0 Å². The average molecular weight is 498 g/mol. The van der Waals surface area contributed by atoms with Crippen LogP contribution in [-0.4, -0.2) is 57.0 Å². The number of hydrogen-bond donors (Lipinski definition) is 3. The molecule has 14 heteroatoms. The Kier molecular flexibility index (Phi) is 8.50. The minimum absolute atomic E-state index is 0.0191. The molecule has 0 aliphatic rings. The molecule has 12 nitrogen and oxygen atoms in total. The van der Waals surface area contributed by atoms with Gasteiger partial charge in [0, 0.05) is 38.0 Å². The Morgan fingerprint density at radius 2 is 1.67 bits per heavy atom. The van der Waals surface area contributed by atoms with Crippen LogP contribution in [0.25, 0.3) is 0 Å². The summed E-state index contributed by atoms with van der Waals surface area (Å²) in [6, 6.07) is 8.22. The first-order valence-corrected chi connectivity index (χ1v) is 11.1. The van der Waals surface area contributed by atoms with Crippen LogP contribution in [0.5, 0.6) is 11.5 Å².